The maximum absolute atomic E-state index is 5.19. The van der Waals surface area contributed by atoms with Crippen molar-refractivity contribution < 1.29 is 4.74 Å². The van der Waals surface area contributed by atoms with Gasteiger partial charge >= 0.3 is 0 Å². The van der Waals surface area contributed by atoms with Crippen molar-refractivity contribution in [3.05, 3.63) is 54.1 Å². The van der Waals surface area contributed by atoms with E-state index in [-0.39, 0.29) is 0 Å². The largest absolute Gasteiger partial charge is 0.497 e. The molecule has 0 saturated heterocycles. The van der Waals surface area contributed by atoms with Gasteiger partial charge in [-0.25, -0.2) is 0 Å². The molecule has 3 nitrogen and oxygen atoms in total. The normalized spacial score (nSPS) is 11.8. The molecule has 112 valence electrons. The molecule has 2 rings (SSSR count). The Bertz CT molecular complexity index is 564. The van der Waals surface area contributed by atoms with E-state index >= 15 is 0 Å². The molecule has 0 fully saturated rings. The van der Waals surface area contributed by atoms with Crippen molar-refractivity contribution >= 4 is 11.4 Å². The van der Waals surface area contributed by atoms with E-state index in [0.29, 0.717) is 6.04 Å². The highest BCUT2D eigenvalue weighted by atomic mass is 16.5. The minimum atomic E-state index is 0.371. The topological polar surface area (TPSA) is 24.5 Å². The molecule has 1 atom stereocenters. The Balaban J connectivity index is 1.97. The minimum absolute atomic E-state index is 0.371. The summed E-state index contributed by atoms with van der Waals surface area (Å²) in [4.78, 5) is 2.11. The van der Waals surface area contributed by atoms with E-state index in [1.165, 1.54) is 11.3 Å². The molecule has 0 bridgehead atoms. The number of rotatable bonds is 6. The molecule has 0 saturated carbocycles. The summed E-state index contributed by atoms with van der Waals surface area (Å²) < 4.78 is 5.19. The van der Waals surface area contributed by atoms with Crippen LogP contribution in [0.4, 0.5) is 11.4 Å². The average molecular weight is 284 g/mol. The second kappa shape index (κ2) is 7.02. The van der Waals surface area contributed by atoms with E-state index in [4.69, 9.17) is 4.74 Å². The lowest BCUT2D eigenvalue weighted by molar-refractivity contribution is 0.414. The molecule has 0 spiro atoms. The predicted octanol–water partition coefficient (Wildman–Crippen LogP) is 3.80. The fraction of sp³-hybridized carbons (Fsp3) is 0.333. The van der Waals surface area contributed by atoms with Crippen LogP contribution in [0.3, 0.4) is 0 Å². The Morgan fingerprint density at radius 1 is 1.10 bits per heavy atom. The maximum Gasteiger partial charge on any atom is 0.118 e. The van der Waals surface area contributed by atoms with Gasteiger partial charge in [0.25, 0.3) is 0 Å². The summed E-state index contributed by atoms with van der Waals surface area (Å²) in [6, 6.07) is 17.1. The van der Waals surface area contributed by atoms with Gasteiger partial charge in [0.2, 0.25) is 0 Å². The van der Waals surface area contributed by atoms with E-state index in [0.717, 1.165) is 17.9 Å². The van der Waals surface area contributed by atoms with Crippen molar-refractivity contribution in [2.24, 2.45) is 0 Å². The summed E-state index contributed by atoms with van der Waals surface area (Å²) in [6.45, 7) is 2.20. The SMILES string of the molecule is COc1ccc(CC(C)Nc2cccc(N(C)C)c2)cc1. The molecule has 21 heavy (non-hydrogen) atoms. The molecule has 0 amide bonds. The maximum atomic E-state index is 5.19. The van der Waals surface area contributed by atoms with Crippen LogP contribution in [0.15, 0.2) is 48.5 Å². The van der Waals surface area contributed by atoms with Gasteiger partial charge in [0.15, 0.2) is 0 Å². The lowest BCUT2D eigenvalue weighted by Gasteiger charge is -2.18. The number of methoxy groups -OCH3 is 1. The molecule has 0 aliphatic heterocycles. The second-order valence-corrected chi connectivity index (χ2v) is 5.54. The number of nitrogens with one attached hydrogen (secondary N) is 1. The van der Waals surface area contributed by atoms with Crippen LogP contribution < -0.4 is 15.0 Å². The van der Waals surface area contributed by atoms with Crippen LogP contribution in [0, 0.1) is 0 Å². The van der Waals surface area contributed by atoms with Crippen molar-refractivity contribution in [1.29, 1.82) is 0 Å². The molecule has 0 radical (unpaired) electrons. The van der Waals surface area contributed by atoms with Gasteiger partial charge < -0.3 is 15.0 Å². The number of anilines is 2. The van der Waals surface area contributed by atoms with Crippen molar-refractivity contribution in [2.45, 2.75) is 19.4 Å². The number of benzene rings is 2. The summed E-state index contributed by atoms with van der Waals surface area (Å²) in [6.07, 6.45) is 0.982. The van der Waals surface area contributed by atoms with Gasteiger partial charge in [0.05, 0.1) is 7.11 Å². The number of hydrogen-bond acceptors (Lipinski definition) is 3. The minimum Gasteiger partial charge on any atom is -0.497 e. The van der Waals surface area contributed by atoms with E-state index in [9.17, 15) is 0 Å². The standard InChI is InChI=1S/C18H24N2O/c1-14(12-15-8-10-18(21-4)11-9-15)19-16-6-5-7-17(13-16)20(2)3/h5-11,13-14,19H,12H2,1-4H3. The number of nitrogens with zero attached hydrogens (tertiary/aromatic N) is 1. The van der Waals surface area contributed by atoms with Crippen molar-refractivity contribution in [1.82, 2.24) is 0 Å². The van der Waals surface area contributed by atoms with Gasteiger partial charge in [0.1, 0.15) is 5.75 Å². The van der Waals surface area contributed by atoms with E-state index in [2.05, 4.69) is 67.6 Å². The fourth-order valence-corrected chi connectivity index (χ4v) is 2.32. The van der Waals surface area contributed by atoms with Gasteiger partial charge in [0, 0.05) is 31.5 Å². The van der Waals surface area contributed by atoms with Gasteiger partial charge in [-0.05, 0) is 49.2 Å². The monoisotopic (exact) mass is 284 g/mol. The molecule has 3 heteroatoms. The van der Waals surface area contributed by atoms with Crippen LogP contribution in [0.1, 0.15) is 12.5 Å². The first-order valence-corrected chi connectivity index (χ1v) is 7.25. The summed E-state index contributed by atoms with van der Waals surface area (Å²) in [7, 11) is 5.80. The Morgan fingerprint density at radius 2 is 1.81 bits per heavy atom. The Hall–Kier alpha value is -2.16. The molecule has 2 aromatic carbocycles. The van der Waals surface area contributed by atoms with Gasteiger partial charge in [-0.1, -0.05) is 18.2 Å². The zero-order chi connectivity index (χ0) is 15.2. The number of ether oxygens (including phenoxy) is 1. The average Bonchev–Trinajstić information content (AvgIpc) is 2.48. The van der Waals surface area contributed by atoms with Gasteiger partial charge in [-0.2, -0.15) is 0 Å². The molecular weight excluding hydrogens is 260 g/mol. The van der Waals surface area contributed by atoms with Gasteiger partial charge in [-0.15, -0.1) is 0 Å². The van der Waals surface area contributed by atoms with Gasteiger partial charge in [-0.3, -0.25) is 0 Å². The first-order chi connectivity index (χ1) is 10.1. The highest BCUT2D eigenvalue weighted by Gasteiger charge is 2.05. The van der Waals surface area contributed by atoms with Crippen LogP contribution >= 0.6 is 0 Å². The predicted molar refractivity (Wildman–Crippen MR) is 90.6 cm³/mol. The molecule has 0 heterocycles. The summed E-state index contributed by atoms with van der Waals surface area (Å²) >= 11 is 0. The fourth-order valence-electron chi connectivity index (χ4n) is 2.32. The zero-order valence-electron chi connectivity index (χ0n) is 13.3. The molecule has 1 unspecified atom stereocenters. The molecule has 1 N–H and O–H groups in total. The van der Waals surface area contributed by atoms with Crippen LogP contribution in [0.25, 0.3) is 0 Å². The van der Waals surface area contributed by atoms with Crippen LogP contribution in [-0.4, -0.2) is 27.2 Å². The lowest BCUT2D eigenvalue weighted by Crippen LogP contribution is -2.18. The summed E-state index contributed by atoms with van der Waals surface area (Å²) in [5.41, 5.74) is 3.67. The smallest absolute Gasteiger partial charge is 0.118 e. The number of hydrogen-bond donors (Lipinski definition) is 1. The lowest BCUT2D eigenvalue weighted by atomic mass is 10.1. The third-order valence-electron chi connectivity index (χ3n) is 3.48. The summed E-state index contributed by atoms with van der Waals surface area (Å²) in [5.74, 6) is 0.901. The van der Waals surface area contributed by atoms with E-state index < -0.39 is 0 Å². The Morgan fingerprint density at radius 3 is 2.43 bits per heavy atom. The first-order valence-electron chi connectivity index (χ1n) is 7.25. The molecule has 2 aromatic rings. The third-order valence-corrected chi connectivity index (χ3v) is 3.48. The zero-order valence-corrected chi connectivity index (χ0v) is 13.3. The van der Waals surface area contributed by atoms with Crippen molar-refractivity contribution in [3.8, 4) is 5.75 Å². The molecule has 0 aliphatic carbocycles. The Labute approximate surface area is 127 Å². The Kier molecular flexibility index (Phi) is 5.09. The first kappa shape index (κ1) is 15.2. The highest BCUT2D eigenvalue weighted by Crippen LogP contribution is 2.19. The molecule has 0 aromatic heterocycles. The van der Waals surface area contributed by atoms with Crippen LogP contribution in [0.2, 0.25) is 0 Å². The van der Waals surface area contributed by atoms with Crippen molar-refractivity contribution in [2.75, 3.05) is 31.4 Å². The molecular formula is C18H24N2O. The molecule has 0 aliphatic rings. The van der Waals surface area contributed by atoms with E-state index in [1.54, 1.807) is 7.11 Å². The van der Waals surface area contributed by atoms with Crippen LogP contribution in [-0.2, 0) is 6.42 Å². The third kappa shape index (κ3) is 4.42. The second-order valence-electron chi connectivity index (χ2n) is 5.54. The summed E-state index contributed by atoms with van der Waals surface area (Å²) in [5, 5.41) is 3.56. The van der Waals surface area contributed by atoms with Crippen LogP contribution in [0.5, 0.6) is 5.75 Å². The highest BCUT2D eigenvalue weighted by molar-refractivity contribution is 5.57. The van der Waals surface area contributed by atoms with E-state index in [1.807, 2.05) is 12.1 Å². The quantitative estimate of drug-likeness (QED) is 0.873. The van der Waals surface area contributed by atoms with Crippen molar-refractivity contribution in [3.63, 3.8) is 0 Å².